The third-order valence-corrected chi connectivity index (χ3v) is 19.5. The largest absolute Gasteiger partial charge is 0.309 e. The zero-order chi connectivity index (χ0) is 38.1. The maximum absolute atomic E-state index is 15.9. The lowest BCUT2D eigenvalue weighted by molar-refractivity contribution is 0.592. The van der Waals surface area contributed by atoms with Crippen LogP contribution in [0.25, 0.3) is 59.9 Å². The highest BCUT2D eigenvalue weighted by atomic mass is 32.4. The van der Waals surface area contributed by atoms with Crippen LogP contribution in [0.5, 0.6) is 0 Å². The molecule has 11 rings (SSSR count). The molecule has 0 aliphatic carbocycles. The topological polar surface area (TPSA) is 34.4 Å². The predicted octanol–water partition coefficient (Wildman–Crippen LogP) is 10.5. The second-order valence-corrected chi connectivity index (χ2v) is 21.8. The van der Waals surface area contributed by atoms with Crippen molar-refractivity contribution in [1.82, 2.24) is 9.38 Å². The van der Waals surface area contributed by atoms with E-state index in [0.717, 1.165) is 91.7 Å². The molecule has 1 unspecified atom stereocenters. The molecule has 0 bridgehead atoms. The van der Waals surface area contributed by atoms with Gasteiger partial charge in [-0.1, -0.05) is 188 Å². The summed E-state index contributed by atoms with van der Waals surface area (Å²) in [5.74, 6) is 0. The number of pyridine rings is 1. The van der Waals surface area contributed by atoms with Gasteiger partial charge in [-0.2, -0.15) is 0 Å². The zero-order valence-corrected chi connectivity index (χ0v) is 33.3. The van der Waals surface area contributed by atoms with Gasteiger partial charge in [0.05, 0.1) is 16.6 Å². The molecule has 0 aliphatic heterocycles. The Morgan fingerprint density at radius 1 is 0.404 bits per heavy atom. The fourth-order valence-corrected chi connectivity index (χ4v) is 15.1. The van der Waals surface area contributed by atoms with Gasteiger partial charge in [0.25, 0.3) is 0 Å². The number of imidazole rings is 1. The fraction of sp³-hybridized carbons (Fsp3) is 0. The minimum absolute atomic E-state index is 0.753. The van der Waals surface area contributed by atoms with Crippen LogP contribution in [-0.2, 0) is 16.4 Å². The Morgan fingerprint density at radius 2 is 0.947 bits per heavy atom. The second kappa shape index (κ2) is 13.2. The lowest BCUT2D eigenvalue weighted by Crippen LogP contribution is -2.25. The van der Waals surface area contributed by atoms with Crippen molar-refractivity contribution < 1.29 is 4.57 Å². The molecule has 57 heavy (non-hydrogen) atoms. The molecule has 0 saturated heterocycles. The lowest BCUT2D eigenvalue weighted by atomic mass is 9.99. The van der Waals surface area contributed by atoms with E-state index in [1.165, 1.54) is 0 Å². The zero-order valence-electron chi connectivity index (χ0n) is 30.7. The molecule has 0 spiro atoms. The first-order valence-electron chi connectivity index (χ1n) is 19.1. The predicted molar refractivity (Wildman–Crippen MR) is 248 cm³/mol. The van der Waals surface area contributed by atoms with Crippen molar-refractivity contribution in [2.45, 2.75) is 0 Å². The Kier molecular flexibility index (Phi) is 7.92. The summed E-state index contributed by atoms with van der Waals surface area (Å²) < 4.78 is 18.2. The summed E-state index contributed by atoms with van der Waals surface area (Å²) in [6.07, 6.45) is 0. The van der Waals surface area contributed by atoms with Gasteiger partial charge in [-0.15, -0.1) is 0 Å². The van der Waals surface area contributed by atoms with Crippen LogP contribution < -0.4 is 31.8 Å². The van der Waals surface area contributed by atoms with E-state index < -0.39 is 13.2 Å². The molecule has 9 aromatic carbocycles. The van der Waals surface area contributed by atoms with E-state index in [-0.39, 0.29) is 0 Å². The van der Waals surface area contributed by atoms with Gasteiger partial charge in [-0.25, -0.2) is 4.98 Å². The standard InChI is InChI=1S/C51H34N2OP2S/c54-55(38-17-4-1-5-18-38,41-26-24-35-14-10-11-16-37(35)32-41)42-28-31-48-47(33-42)52-51-50-44-23-13-12-15-36(44)25-29-46(50)45-30-27-43(34-49(45)53(48)51)56(57,39-19-6-2-7-20-39)40-21-8-3-9-22-40/h1-34H. The molecular formula is C51H34N2OP2S. The maximum Gasteiger partial charge on any atom is 0.171 e. The van der Waals surface area contributed by atoms with Crippen molar-refractivity contribution in [3.63, 3.8) is 0 Å². The molecular weight excluding hydrogens is 751 g/mol. The monoisotopic (exact) mass is 784 g/mol. The van der Waals surface area contributed by atoms with Crippen molar-refractivity contribution >= 4 is 117 Å². The smallest absolute Gasteiger partial charge is 0.171 e. The molecule has 1 atom stereocenters. The summed E-state index contributed by atoms with van der Waals surface area (Å²) in [4.78, 5) is 5.49. The molecule has 3 nitrogen and oxygen atoms in total. The van der Waals surface area contributed by atoms with Crippen LogP contribution in [-0.4, -0.2) is 9.38 Å². The molecule has 2 heterocycles. The molecule has 0 N–H and O–H groups in total. The van der Waals surface area contributed by atoms with Crippen molar-refractivity contribution in [2.24, 2.45) is 0 Å². The Balaban J connectivity index is 1.23. The van der Waals surface area contributed by atoms with Gasteiger partial charge in [0.1, 0.15) is 5.65 Å². The summed E-state index contributed by atoms with van der Waals surface area (Å²) in [7, 11) is -3.32. The van der Waals surface area contributed by atoms with E-state index in [1.54, 1.807) is 0 Å². The molecule has 11 aromatic rings. The summed E-state index contributed by atoms with van der Waals surface area (Å²) in [5.41, 5.74) is 3.66. The quantitative estimate of drug-likeness (QED) is 0.124. The molecule has 0 aliphatic rings. The SMILES string of the molecule is O=P(c1ccccc1)(c1ccc2ccccc2c1)c1ccc2c(c1)nc1c3c4ccccc4ccc3c3ccc(P(=S)(c4ccccc4)c4ccccc4)cc3n21. The highest BCUT2D eigenvalue weighted by Crippen LogP contribution is 2.46. The molecule has 0 radical (unpaired) electrons. The van der Waals surface area contributed by atoms with E-state index in [4.69, 9.17) is 16.8 Å². The van der Waals surface area contributed by atoms with Crippen LogP contribution in [0, 0.1) is 0 Å². The van der Waals surface area contributed by atoms with Gasteiger partial charge in [0.15, 0.2) is 7.14 Å². The molecule has 0 amide bonds. The molecule has 0 saturated carbocycles. The number of rotatable bonds is 6. The number of hydrogen-bond donors (Lipinski definition) is 0. The highest BCUT2D eigenvalue weighted by Gasteiger charge is 2.31. The fourth-order valence-electron chi connectivity index (χ4n) is 8.72. The van der Waals surface area contributed by atoms with Crippen LogP contribution in [0.1, 0.15) is 0 Å². The summed E-state index contributed by atoms with van der Waals surface area (Å²) in [5, 5.41) is 13.6. The number of fused-ring (bicyclic) bond motifs is 11. The van der Waals surface area contributed by atoms with Gasteiger partial charge in [-0.05, 0) is 73.2 Å². The van der Waals surface area contributed by atoms with Crippen molar-refractivity contribution in [3.8, 4) is 0 Å². The number of benzene rings is 9. The minimum Gasteiger partial charge on any atom is -0.309 e. The van der Waals surface area contributed by atoms with Gasteiger partial charge < -0.3 is 4.57 Å². The van der Waals surface area contributed by atoms with Crippen LogP contribution in [0.2, 0.25) is 0 Å². The normalized spacial score (nSPS) is 13.2. The lowest BCUT2D eigenvalue weighted by Gasteiger charge is -2.25. The third kappa shape index (κ3) is 5.22. The molecule has 0 fully saturated rings. The highest BCUT2D eigenvalue weighted by molar-refractivity contribution is 8.25. The van der Waals surface area contributed by atoms with E-state index in [9.17, 15) is 0 Å². The molecule has 6 heteroatoms. The Labute approximate surface area is 335 Å². The summed E-state index contributed by atoms with van der Waals surface area (Å²) in [6, 6.07) is 69.1. The number of nitrogens with zero attached hydrogens (tertiary/aromatic N) is 2. The molecule has 270 valence electrons. The van der Waals surface area contributed by atoms with Gasteiger partial charge >= 0.3 is 0 Å². The van der Waals surface area contributed by atoms with Crippen molar-refractivity contribution in [2.75, 3.05) is 0 Å². The third-order valence-electron chi connectivity index (χ3n) is 11.5. The average Bonchev–Trinajstić information content (AvgIpc) is 3.68. The first kappa shape index (κ1) is 34.1. The maximum atomic E-state index is 15.9. The Morgan fingerprint density at radius 3 is 1.67 bits per heavy atom. The minimum atomic E-state index is -3.32. The summed E-state index contributed by atoms with van der Waals surface area (Å²) >= 11 is 6.86. The Bertz CT molecular complexity index is 3430. The molecule has 2 aromatic heterocycles. The van der Waals surface area contributed by atoms with E-state index in [2.05, 4.69) is 162 Å². The number of hydrogen-bond acceptors (Lipinski definition) is 3. The average molecular weight is 785 g/mol. The summed E-state index contributed by atoms with van der Waals surface area (Å²) in [6.45, 7) is 0. The first-order valence-corrected chi connectivity index (χ1v) is 23.6. The van der Waals surface area contributed by atoms with Crippen molar-refractivity contribution in [1.29, 1.82) is 0 Å². The number of aromatic nitrogens is 2. The van der Waals surface area contributed by atoms with Crippen LogP contribution >= 0.6 is 13.2 Å². The van der Waals surface area contributed by atoms with Crippen molar-refractivity contribution in [3.05, 3.63) is 206 Å². The van der Waals surface area contributed by atoms with E-state index in [1.807, 2.05) is 48.5 Å². The van der Waals surface area contributed by atoms with Crippen LogP contribution in [0.15, 0.2) is 206 Å². The second-order valence-electron chi connectivity index (χ2n) is 14.6. The Hall–Kier alpha value is -6.15. The van der Waals surface area contributed by atoms with E-state index in [0.29, 0.717) is 0 Å². The first-order chi connectivity index (χ1) is 28.0. The van der Waals surface area contributed by atoms with Gasteiger partial charge in [-0.3, -0.25) is 4.40 Å². The van der Waals surface area contributed by atoms with Crippen LogP contribution in [0.4, 0.5) is 0 Å². The van der Waals surface area contributed by atoms with Crippen LogP contribution in [0.3, 0.4) is 0 Å². The van der Waals surface area contributed by atoms with E-state index >= 15 is 4.57 Å². The van der Waals surface area contributed by atoms with Gasteiger partial charge in [0, 0.05) is 32.7 Å². The van der Waals surface area contributed by atoms with Gasteiger partial charge in [0.2, 0.25) is 0 Å².